The molecule has 0 heterocycles. The number of amides is 2. The van der Waals surface area contributed by atoms with E-state index in [2.05, 4.69) is 15.8 Å². The highest BCUT2D eigenvalue weighted by Gasteiger charge is 2.09. The van der Waals surface area contributed by atoms with Crippen molar-refractivity contribution in [1.29, 1.82) is 0 Å². The molecule has 0 saturated heterocycles. The molecule has 0 spiro atoms. The molecule has 6 nitrogen and oxygen atoms in total. The second-order valence-electron chi connectivity index (χ2n) is 3.93. The number of halogens is 1. The molecule has 7 heteroatoms. The van der Waals surface area contributed by atoms with Crippen LogP contribution in [-0.4, -0.2) is 23.1 Å². The molecule has 0 aliphatic carbocycles. The highest BCUT2D eigenvalue weighted by Crippen LogP contribution is 2.22. The molecule has 1 rings (SSSR count). The van der Waals surface area contributed by atoms with E-state index in [0.717, 1.165) is 0 Å². The summed E-state index contributed by atoms with van der Waals surface area (Å²) in [5.41, 5.74) is 6.30. The average Bonchev–Trinajstić information content (AvgIpc) is 2.30. The van der Waals surface area contributed by atoms with Gasteiger partial charge in [0.05, 0.1) is 10.7 Å². The van der Waals surface area contributed by atoms with Crippen LogP contribution in [0, 0.1) is 0 Å². The molecule has 0 aromatic heterocycles. The number of hydrogen-bond acceptors (Lipinski definition) is 3. The summed E-state index contributed by atoms with van der Waals surface area (Å²) in [5, 5.41) is 17.1. The van der Waals surface area contributed by atoms with Gasteiger partial charge in [-0.05, 0) is 32.0 Å². The fourth-order valence-corrected chi connectivity index (χ4v) is 1.42. The first-order chi connectivity index (χ1) is 8.43. The van der Waals surface area contributed by atoms with Crippen LogP contribution in [0.4, 0.5) is 10.5 Å². The van der Waals surface area contributed by atoms with E-state index in [1.165, 1.54) is 6.07 Å². The standard InChI is InChI=1S/C11H15ClN4O2/c1-6(2)14-11(17)15-9-5-7(10(13)16-18)3-4-8(9)12/h3-6,18H,1-2H3,(H2,13,16)(H2,14,15,17). The topological polar surface area (TPSA) is 99.7 Å². The number of nitrogens with zero attached hydrogens (tertiary/aromatic N) is 1. The minimum absolute atomic E-state index is 0.0102. The predicted octanol–water partition coefficient (Wildman–Crippen LogP) is 1.96. The van der Waals surface area contributed by atoms with Gasteiger partial charge in [0.25, 0.3) is 0 Å². The Balaban J connectivity index is 2.91. The fourth-order valence-electron chi connectivity index (χ4n) is 1.26. The Hall–Kier alpha value is -1.95. The molecule has 2 amide bonds. The van der Waals surface area contributed by atoms with Gasteiger partial charge >= 0.3 is 6.03 Å². The third-order valence-corrected chi connectivity index (χ3v) is 2.37. The number of urea groups is 1. The van der Waals surface area contributed by atoms with Crippen LogP contribution in [0.2, 0.25) is 5.02 Å². The highest BCUT2D eigenvalue weighted by atomic mass is 35.5. The lowest BCUT2D eigenvalue weighted by atomic mass is 10.2. The smallest absolute Gasteiger partial charge is 0.319 e. The Bertz CT molecular complexity index is 474. The molecule has 98 valence electrons. The van der Waals surface area contributed by atoms with Gasteiger partial charge in [-0.2, -0.15) is 0 Å². The van der Waals surface area contributed by atoms with Crippen LogP contribution in [0.5, 0.6) is 0 Å². The van der Waals surface area contributed by atoms with Gasteiger partial charge < -0.3 is 21.6 Å². The Morgan fingerprint density at radius 1 is 1.50 bits per heavy atom. The van der Waals surface area contributed by atoms with Crippen molar-refractivity contribution in [3.63, 3.8) is 0 Å². The van der Waals surface area contributed by atoms with Gasteiger partial charge in [-0.15, -0.1) is 0 Å². The summed E-state index contributed by atoms with van der Waals surface area (Å²) in [5.74, 6) is -0.0565. The second kappa shape index (κ2) is 6.11. The SMILES string of the molecule is CC(C)NC(=O)Nc1cc(C(N)=NO)ccc1Cl. The van der Waals surface area contributed by atoms with Crippen LogP contribution in [-0.2, 0) is 0 Å². The molecule has 5 N–H and O–H groups in total. The summed E-state index contributed by atoms with van der Waals surface area (Å²) in [6.45, 7) is 3.68. The van der Waals surface area contributed by atoms with Crippen molar-refractivity contribution in [3.05, 3.63) is 28.8 Å². The molecule has 0 atom stereocenters. The van der Waals surface area contributed by atoms with Crippen molar-refractivity contribution in [2.24, 2.45) is 10.9 Å². The van der Waals surface area contributed by atoms with Crippen molar-refractivity contribution in [1.82, 2.24) is 5.32 Å². The van der Waals surface area contributed by atoms with Gasteiger partial charge in [-0.1, -0.05) is 16.8 Å². The van der Waals surface area contributed by atoms with E-state index in [0.29, 0.717) is 16.3 Å². The lowest BCUT2D eigenvalue weighted by Gasteiger charge is -2.12. The predicted molar refractivity (Wildman–Crippen MR) is 71.3 cm³/mol. The van der Waals surface area contributed by atoms with Crippen LogP contribution in [0.3, 0.4) is 0 Å². The Labute approximate surface area is 110 Å². The van der Waals surface area contributed by atoms with E-state index in [4.69, 9.17) is 22.5 Å². The quantitative estimate of drug-likeness (QED) is 0.292. The molecule has 0 bridgehead atoms. The molecule has 0 radical (unpaired) electrons. The summed E-state index contributed by atoms with van der Waals surface area (Å²) in [6, 6.07) is 4.31. The van der Waals surface area contributed by atoms with Gasteiger partial charge in [0.2, 0.25) is 0 Å². The molecule has 0 unspecified atom stereocenters. The Morgan fingerprint density at radius 2 is 2.17 bits per heavy atom. The van der Waals surface area contributed by atoms with Crippen molar-refractivity contribution in [2.75, 3.05) is 5.32 Å². The molecule has 0 aliphatic heterocycles. The summed E-state index contributed by atoms with van der Waals surface area (Å²) in [7, 11) is 0. The van der Waals surface area contributed by atoms with Crippen LogP contribution in [0.15, 0.2) is 23.4 Å². The number of benzene rings is 1. The monoisotopic (exact) mass is 270 g/mol. The van der Waals surface area contributed by atoms with Gasteiger partial charge in [-0.25, -0.2) is 4.79 Å². The van der Waals surface area contributed by atoms with Crippen LogP contribution >= 0.6 is 11.6 Å². The number of anilines is 1. The number of carbonyl (C=O) groups excluding carboxylic acids is 1. The number of nitrogens with one attached hydrogen (secondary N) is 2. The number of nitrogens with two attached hydrogens (primary N) is 1. The number of hydrogen-bond donors (Lipinski definition) is 4. The summed E-state index contributed by atoms with van der Waals surface area (Å²) < 4.78 is 0. The van der Waals surface area contributed by atoms with Crippen molar-refractivity contribution in [3.8, 4) is 0 Å². The Kier molecular flexibility index (Phi) is 4.79. The molecule has 1 aromatic carbocycles. The number of rotatable bonds is 3. The van der Waals surface area contributed by atoms with E-state index in [-0.39, 0.29) is 17.9 Å². The largest absolute Gasteiger partial charge is 0.409 e. The zero-order valence-electron chi connectivity index (χ0n) is 10.1. The molecular weight excluding hydrogens is 256 g/mol. The zero-order chi connectivity index (χ0) is 13.7. The molecule has 1 aromatic rings. The maximum Gasteiger partial charge on any atom is 0.319 e. The van der Waals surface area contributed by atoms with Crippen LogP contribution in [0.25, 0.3) is 0 Å². The lowest BCUT2D eigenvalue weighted by Crippen LogP contribution is -2.34. The van der Waals surface area contributed by atoms with Gasteiger partial charge in [0.1, 0.15) is 0 Å². The van der Waals surface area contributed by atoms with E-state index in [9.17, 15) is 4.79 Å². The lowest BCUT2D eigenvalue weighted by molar-refractivity contribution is 0.250. The first kappa shape index (κ1) is 14.1. The van der Waals surface area contributed by atoms with Gasteiger partial charge in [-0.3, -0.25) is 0 Å². The van der Waals surface area contributed by atoms with Crippen molar-refractivity contribution < 1.29 is 10.0 Å². The van der Waals surface area contributed by atoms with Crippen molar-refractivity contribution >= 4 is 29.2 Å². The highest BCUT2D eigenvalue weighted by molar-refractivity contribution is 6.33. The first-order valence-electron chi connectivity index (χ1n) is 5.29. The molecule has 0 aliphatic rings. The van der Waals surface area contributed by atoms with Gasteiger partial charge in [0.15, 0.2) is 5.84 Å². The van der Waals surface area contributed by atoms with E-state index in [1.54, 1.807) is 12.1 Å². The fraction of sp³-hybridized carbons (Fsp3) is 0.273. The summed E-state index contributed by atoms with van der Waals surface area (Å²) >= 11 is 5.94. The van der Waals surface area contributed by atoms with E-state index >= 15 is 0 Å². The van der Waals surface area contributed by atoms with Crippen LogP contribution in [0.1, 0.15) is 19.4 Å². The maximum atomic E-state index is 11.5. The third-order valence-electron chi connectivity index (χ3n) is 2.04. The second-order valence-corrected chi connectivity index (χ2v) is 4.34. The normalized spacial score (nSPS) is 11.4. The maximum absolute atomic E-state index is 11.5. The zero-order valence-corrected chi connectivity index (χ0v) is 10.8. The molecule has 0 saturated carbocycles. The first-order valence-corrected chi connectivity index (χ1v) is 5.66. The van der Waals surface area contributed by atoms with Crippen molar-refractivity contribution in [2.45, 2.75) is 19.9 Å². The molecular formula is C11H15ClN4O2. The Morgan fingerprint density at radius 3 is 2.72 bits per heavy atom. The third kappa shape index (κ3) is 3.81. The summed E-state index contributed by atoms with van der Waals surface area (Å²) in [4.78, 5) is 11.5. The minimum Gasteiger partial charge on any atom is -0.409 e. The van der Waals surface area contributed by atoms with Gasteiger partial charge in [0, 0.05) is 11.6 Å². The summed E-state index contributed by atoms with van der Waals surface area (Å²) in [6.07, 6.45) is 0. The van der Waals surface area contributed by atoms with E-state index in [1.807, 2.05) is 13.8 Å². The minimum atomic E-state index is -0.372. The number of carbonyl (C=O) groups is 1. The molecule has 0 fully saturated rings. The van der Waals surface area contributed by atoms with E-state index < -0.39 is 0 Å². The number of amidine groups is 1. The number of oxime groups is 1. The average molecular weight is 271 g/mol. The molecule has 18 heavy (non-hydrogen) atoms. The van der Waals surface area contributed by atoms with Crippen LogP contribution < -0.4 is 16.4 Å².